The highest BCUT2D eigenvalue weighted by molar-refractivity contribution is 7.99. The van der Waals surface area contributed by atoms with E-state index in [1.807, 2.05) is 38.3 Å². The summed E-state index contributed by atoms with van der Waals surface area (Å²) in [5, 5.41) is 7.51. The maximum Gasteiger partial charge on any atom is 0.262 e. The molecule has 3 heterocycles. The monoisotopic (exact) mass is 490 g/mol. The molecule has 1 atom stereocenters. The minimum Gasteiger partial charge on any atom is -0.379 e. The van der Waals surface area contributed by atoms with Crippen LogP contribution in [-0.2, 0) is 11.3 Å². The summed E-state index contributed by atoms with van der Waals surface area (Å²) in [6, 6.07) is 9.03. The van der Waals surface area contributed by atoms with Gasteiger partial charge in [-0.2, -0.15) is 4.98 Å². The van der Waals surface area contributed by atoms with E-state index < -0.39 is 0 Å². The number of hydrogen-bond donors (Lipinski definition) is 0. The molecule has 168 valence electrons. The molecule has 1 unspecified atom stereocenters. The van der Waals surface area contributed by atoms with Gasteiger partial charge < -0.3 is 9.26 Å². The van der Waals surface area contributed by atoms with Crippen molar-refractivity contribution in [1.29, 1.82) is 0 Å². The average Bonchev–Trinajstić information content (AvgIpc) is 3.44. The lowest BCUT2D eigenvalue weighted by Gasteiger charge is -2.15. The zero-order chi connectivity index (χ0) is 22.7. The van der Waals surface area contributed by atoms with E-state index in [0.717, 1.165) is 4.88 Å². The van der Waals surface area contributed by atoms with Crippen LogP contribution in [0.1, 0.15) is 38.3 Å². The van der Waals surface area contributed by atoms with Crippen molar-refractivity contribution < 1.29 is 9.26 Å². The molecule has 0 radical (unpaired) electrons. The molecule has 10 heteroatoms. The highest BCUT2D eigenvalue weighted by Crippen LogP contribution is 2.34. The van der Waals surface area contributed by atoms with Crippen LogP contribution in [0.15, 0.2) is 50.2 Å². The summed E-state index contributed by atoms with van der Waals surface area (Å²) in [6.07, 6.45) is 0.844. The minimum atomic E-state index is -0.196. The number of hydrogen-bond acceptors (Lipinski definition) is 8. The van der Waals surface area contributed by atoms with Gasteiger partial charge in [0.1, 0.15) is 0 Å². The quantitative estimate of drug-likeness (QED) is 0.166. The summed E-state index contributed by atoms with van der Waals surface area (Å²) in [5.41, 5.74) is 0.465. The molecule has 0 saturated carbocycles. The molecule has 0 spiro atoms. The Labute approximate surface area is 198 Å². The summed E-state index contributed by atoms with van der Waals surface area (Å²) < 4.78 is 12.8. The number of thiophene rings is 1. The second kappa shape index (κ2) is 10.2. The Bertz CT molecular complexity index is 1250. The first-order valence-corrected chi connectivity index (χ1v) is 12.4. The molecule has 0 bridgehead atoms. The normalized spacial score (nSPS) is 12.7. The highest BCUT2D eigenvalue weighted by atomic mass is 35.5. The third-order valence-electron chi connectivity index (χ3n) is 4.67. The lowest BCUT2D eigenvalue weighted by molar-refractivity contribution is 0.0743. The summed E-state index contributed by atoms with van der Waals surface area (Å²) in [4.78, 5) is 23.5. The number of benzene rings is 1. The number of fused-ring (bicyclic) bond motifs is 1. The number of rotatable bonds is 9. The maximum atomic E-state index is 13.2. The minimum absolute atomic E-state index is 0.101. The molecule has 0 aliphatic carbocycles. The molecule has 0 fully saturated rings. The van der Waals surface area contributed by atoms with Crippen molar-refractivity contribution in [2.75, 3.05) is 6.61 Å². The third kappa shape index (κ3) is 5.23. The second-order valence-corrected chi connectivity index (χ2v) is 10.2. The number of nitrogens with zero attached hydrogens (tertiary/aromatic N) is 4. The zero-order valence-electron chi connectivity index (χ0n) is 17.9. The topological polar surface area (TPSA) is 83.0 Å². The summed E-state index contributed by atoms with van der Waals surface area (Å²) >= 11 is 9.10. The van der Waals surface area contributed by atoms with Crippen LogP contribution in [-0.4, -0.2) is 32.4 Å². The van der Waals surface area contributed by atoms with Crippen molar-refractivity contribution in [2.45, 2.75) is 50.2 Å². The largest absolute Gasteiger partial charge is 0.379 e. The lowest BCUT2D eigenvalue weighted by Crippen LogP contribution is -2.24. The van der Waals surface area contributed by atoms with Gasteiger partial charge in [0.05, 0.1) is 27.1 Å². The zero-order valence-corrected chi connectivity index (χ0v) is 20.3. The third-order valence-corrected chi connectivity index (χ3v) is 6.85. The van der Waals surface area contributed by atoms with Crippen LogP contribution in [0.25, 0.3) is 21.6 Å². The van der Waals surface area contributed by atoms with E-state index >= 15 is 0 Å². The molecule has 4 aromatic rings. The number of aromatic nitrogens is 4. The molecular formula is C22H23ClN4O3S2. The molecule has 3 aromatic heterocycles. The van der Waals surface area contributed by atoms with Crippen LogP contribution >= 0.6 is 34.7 Å². The lowest BCUT2D eigenvalue weighted by atomic mass is 10.2. The van der Waals surface area contributed by atoms with Crippen molar-refractivity contribution in [2.24, 2.45) is 0 Å². The predicted octanol–water partition coefficient (Wildman–Crippen LogP) is 5.83. The first kappa shape index (κ1) is 23.0. The standard InChI is InChI=1S/C22H23ClN4O3S2/c1-13(2)29-10-5-9-27-21(28)16-8-7-15(23)12-17(16)24-22(27)32-14(3)20-25-19(26-30-20)18-6-4-11-31-18/h4,6-8,11-14H,5,9-10H2,1-3H3. The SMILES string of the molecule is CC(C)OCCCn1c(SC(C)c2nc(-c3cccs3)no2)nc2cc(Cl)ccc2c1=O. The molecule has 4 rings (SSSR count). The molecule has 7 nitrogen and oxygen atoms in total. The average molecular weight is 491 g/mol. The Morgan fingerprint density at radius 1 is 1.25 bits per heavy atom. The van der Waals surface area contributed by atoms with Gasteiger partial charge in [0.25, 0.3) is 5.56 Å². The van der Waals surface area contributed by atoms with E-state index in [0.29, 0.717) is 52.4 Å². The van der Waals surface area contributed by atoms with Gasteiger partial charge in [-0.1, -0.05) is 34.6 Å². The van der Waals surface area contributed by atoms with Crippen molar-refractivity contribution in [1.82, 2.24) is 19.7 Å². The summed E-state index contributed by atoms with van der Waals surface area (Å²) in [5.74, 6) is 1.04. The first-order chi connectivity index (χ1) is 15.4. The molecule has 0 N–H and O–H groups in total. The molecule has 0 saturated heterocycles. The van der Waals surface area contributed by atoms with Crippen LogP contribution in [0.4, 0.5) is 0 Å². The van der Waals surface area contributed by atoms with Crippen molar-refractivity contribution in [3.63, 3.8) is 0 Å². The molecule has 0 amide bonds. The Kier molecular flexibility index (Phi) is 7.30. The van der Waals surface area contributed by atoms with Gasteiger partial charge in [-0.15, -0.1) is 11.3 Å². The van der Waals surface area contributed by atoms with Gasteiger partial charge in [0.2, 0.25) is 11.7 Å². The van der Waals surface area contributed by atoms with Crippen LogP contribution < -0.4 is 5.56 Å². The fourth-order valence-corrected chi connectivity index (χ4v) is 4.90. The van der Waals surface area contributed by atoms with E-state index in [4.69, 9.17) is 25.8 Å². The van der Waals surface area contributed by atoms with Gasteiger partial charge in [-0.25, -0.2) is 4.98 Å². The van der Waals surface area contributed by atoms with Crippen molar-refractivity contribution in [3.05, 3.63) is 57.0 Å². The van der Waals surface area contributed by atoms with Crippen LogP contribution in [0, 0.1) is 0 Å². The predicted molar refractivity (Wildman–Crippen MR) is 129 cm³/mol. The van der Waals surface area contributed by atoms with Gasteiger partial charge >= 0.3 is 0 Å². The van der Waals surface area contributed by atoms with Crippen LogP contribution in [0.2, 0.25) is 5.02 Å². The van der Waals surface area contributed by atoms with E-state index in [-0.39, 0.29) is 16.9 Å². The van der Waals surface area contributed by atoms with Crippen molar-refractivity contribution >= 4 is 45.6 Å². The van der Waals surface area contributed by atoms with E-state index in [9.17, 15) is 4.79 Å². The number of halogens is 1. The van der Waals surface area contributed by atoms with Gasteiger partial charge in [0, 0.05) is 18.2 Å². The molecule has 1 aromatic carbocycles. The van der Waals surface area contributed by atoms with E-state index in [2.05, 4.69) is 10.1 Å². The molecule has 0 aliphatic heterocycles. The Hall–Kier alpha value is -2.20. The molecule has 32 heavy (non-hydrogen) atoms. The molecular weight excluding hydrogens is 468 g/mol. The number of thioether (sulfide) groups is 1. The van der Waals surface area contributed by atoms with Gasteiger partial charge in [0.15, 0.2) is 5.16 Å². The Balaban J connectivity index is 1.63. The Morgan fingerprint density at radius 2 is 2.09 bits per heavy atom. The summed E-state index contributed by atoms with van der Waals surface area (Å²) in [7, 11) is 0. The fourth-order valence-electron chi connectivity index (χ4n) is 3.12. The summed E-state index contributed by atoms with van der Waals surface area (Å²) in [6.45, 7) is 7.00. The van der Waals surface area contributed by atoms with E-state index in [1.165, 1.54) is 11.8 Å². The maximum absolute atomic E-state index is 13.2. The van der Waals surface area contributed by atoms with Crippen LogP contribution in [0.3, 0.4) is 0 Å². The van der Waals surface area contributed by atoms with Crippen LogP contribution in [0.5, 0.6) is 0 Å². The second-order valence-electron chi connectivity index (χ2n) is 7.48. The smallest absolute Gasteiger partial charge is 0.262 e. The first-order valence-electron chi connectivity index (χ1n) is 10.3. The fraction of sp³-hybridized carbons (Fsp3) is 0.364. The highest BCUT2D eigenvalue weighted by Gasteiger charge is 2.21. The molecule has 0 aliphatic rings. The number of ether oxygens (including phenoxy) is 1. The van der Waals surface area contributed by atoms with Gasteiger partial charge in [-0.3, -0.25) is 9.36 Å². The Morgan fingerprint density at radius 3 is 2.84 bits per heavy atom. The van der Waals surface area contributed by atoms with E-state index in [1.54, 1.807) is 34.1 Å². The van der Waals surface area contributed by atoms with Crippen molar-refractivity contribution in [3.8, 4) is 10.7 Å². The van der Waals surface area contributed by atoms with Gasteiger partial charge in [-0.05, 0) is 56.8 Å².